The average molecular weight is 502 g/mol. The number of benzene rings is 2. The third-order valence-electron chi connectivity index (χ3n) is 5.16. The summed E-state index contributed by atoms with van der Waals surface area (Å²) in [6.07, 6.45) is 0.632. The molecular formula is C23H20ClN3O4S2. The molecule has 2 heterocycles. The molecule has 1 N–H and O–H groups in total. The van der Waals surface area contributed by atoms with E-state index in [0.29, 0.717) is 45.9 Å². The molecule has 2 aromatic carbocycles. The number of ether oxygens (including phenoxy) is 1. The number of anilines is 2. The topological polar surface area (TPSA) is 79.0 Å². The monoisotopic (exact) mass is 501 g/mol. The SMILES string of the molecule is COCCCN1C(=O)C(=C2C(=O)N(CC(=O)Nc3ccc(Cl)cc3)c3ccccc32)SC1=S. The van der Waals surface area contributed by atoms with E-state index in [1.807, 2.05) is 0 Å². The van der Waals surface area contributed by atoms with Crippen molar-refractivity contribution >= 4 is 74.6 Å². The summed E-state index contributed by atoms with van der Waals surface area (Å²) in [4.78, 5) is 42.4. The molecule has 2 aromatic rings. The molecule has 0 atom stereocenters. The van der Waals surface area contributed by atoms with Crippen molar-refractivity contribution in [2.45, 2.75) is 6.42 Å². The number of amides is 3. The van der Waals surface area contributed by atoms with Crippen LogP contribution >= 0.6 is 35.6 Å². The van der Waals surface area contributed by atoms with Gasteiger partial charge >= 0.3 is 0 Å². The lowest BCUT2D eigenvalue weighted by atomic mass is 10.1. The Morgan fingerprint density at radius 2 is 1.82 bits per heavy atom. The van der Waals surface area contributed by atoms with E-state index in [4.69, 9.17) is 28.6 Å². The molecule has 1 fully saturated rings. The van der Waals surface area contributed by atoms with Gasteiger partial charge in [0.1, 0.15) is 10.9 Å². The predicted octanol–water partition coefficient (Wildman–Crippen LogP) is 3.93. The number of para-hydroxylation sites is 1. The van der Waals surface area contributed by atoms with Gasteiger partial charge < -0.3 is 10.1 Å². The summed E-state index contributed by atoms with van der Waals surface area (Å²) in [5.74, 6) is -1.07. The van der Waals surface area contributed by atoms with E-state index in [0.717, 1.165) is 11.8 Å². The Kier molecular flexibility index (Phi) is 7.14. The molecule has 2 aliphatic rings. The highest BCUT2D eigenvalue weighted by Crippen LogP contribution is 2.44. The first-order valence-corrected chi connectivity index (χ1v) is 11.7. The molecule has 4 rings (SSSR count). The minimum atomic E-state index is -0.403. The van der Waals surface area contributed by atoms with E-state index in [-0.39, 0.29) is 28.8 Å². The van der Waals surface area contributed by atoms with E-state index >= 15 is 0 Å². The number of methoxy groups -OCH3 is 1. The van der Waals surface area contributed by atoms with Crippen LogP contribution in [0.25, 0.3) is 5.57 Å². The summed E-state index contributed by atoms with van der Waals surface area (Å²) in [5, 5.41) is 3.32. The van der Waals surface area contributed by atoms with Crippen LogP contribution in [0, 0.1) is 0 Å². The van der Waals surface area contributed by atoms with Crippen molar-refractivity contribution in [1.82, 2.24) is 4.90 Å². The van der Waals surface area contributed by atoms with Gasteiger partial charge in [-0.1, -0.05) is 53.8 Å². The fourth-order valence-corrected chi connectivity index (χ4v) is 5.15. The number of nitrogens with one attached hydrogen (secondary N) is 1. The Balaban J connectivity index is 1.59. The van der Waals surface area contributed by atoms with E-state index in [1.54, 1.807) is 55.6 Å². The van der Waals surface area contributed by atoms with Gasteiger partial charge in [-0.25, -0.2) is 0 Å². The lowest BCUT2D eigenvalue weighted by Crippen LogP contribution is -2.35. The maximum absolute atomic E-state index is 13.4. The molecule has 0 radical (unpaired) electrons. The standard InChI is InChI=1S/C23H20ClN3O4S2/c1-31-12-4-11-26-22(30)20(33-23(26)32)19-16-5-2-3-6-17(16)27(21(19)29)13-18(28)25-15-9-7-14(24)8-10-15/h2-3,5-10H,4,11-13H2,1H3,(H,25,28). The van der Waals surface area contributed by atoms with Gasteiger partial charge in [-0.2, -0.15) is 0 Å². The number of carbonyl (C=O) groups excluding carboxylic acids is 3. The maximum Gasteiger partial charge on any atom is 0.267 e. The van der Waals surface area contributed by atoms with Crippen molar-refractivity contribution in [1.29, 1.82) is 0 Å². The Morgan fingerprint density at radius 3 is 2.55 bits per heavy atom. The number of thiocarbonyl (C=S) groups is 1. The van der Waals surface area contributed by atoms with Crippen LogP contribution < -0.4 is 10.2 Å². The summed E-state index contributed by atoms with van der Waals surface area (Å²) >= 11 is 12.4. The molecule has 0 aromatic heterocycles. The number of carbonyl (C=O) groups is 3. The molecule has 7 nitrogen and oxygen atoms in total. The largest absolute Gasteiger partial charge is 0.385 e. The van der Waals surface area contributed by atoms with Gasteiger partial charge in [0.2, 0.25) is 5.91 Å². The van der Waals surface area contributed by atoms with Gasteiger partial charge in [0, 0.05) is 36.5 Å². The Labute approximate surface area is 205 Å². The van der Waals surface area contributed by atoms with Crippen LogP contribution in [-0.4, -0.2) is 53.7 Å². The van der Waals surface area contributed by atoms with E-state index in [1.165, 1.54) is 9.80 Å². The molecule has 0 aliphatic carbocycles. The number of hydrogen-bond donors (Lipinski definition) is 1. The summed E-state index contributed by atoms with van der Waals surface area (Å²) in [6.45, 7) is 0.718. The first kappa shape index (κ1) is 23.4. The fourth-order valence-electron chi connectivity index (χ4n) is 3.64. The number of hydrogen-bond acceptors (Lipinski definition) is 6. The summed E-state index contributed by atoms with van der Waals surface area (Å²) in [6, 6.07) is 13.8. The zero-order valence-electron chi connectivity index (χ0n) is 17.7. The third-order valence-corrected chi connectivity index (χ3v) is 6.86. The molecule has 1 saturated heterocycles. The number of halogens is 1. The van der Waals surface area contributed by atoms with Crippen molar-refractivity contribution in [2.24, 2.45) is 0 Å². The second-order valence-corrected chi connectivity index (χ2v) is 9.42. The van der Waals surface area contributed by atoms with Gasteiger partial charge in [0.05, 0.1) is 16.2 Å². The van der Waals surface area contributed by atoms with Crippen molar-refractivity contribution in [3.63, 3.8) is 0 Å². The van der Waals surface area contributed by atoms with Gasteiger partial charge in [0.25, 0.3) is 11.8 Å². The molecular weight excluding hydrogens is 482 g/mol. The fraction of sp³-hybridized carbons (Fsp3) is 0.217. The Hall–Kier alpha value is -2.72. The zero-order chi connectivity index (χ0) is 23.5. The molecule has 0 bridgehead atoms. The van der Waals surface area contributed by atoms with Crippen LogP contribution in [0.2, 0.25) is 5.02 Å². The van der Waals surface area contributed by atoms with Crippen molar-refractivity contribution < 1.29 is 19.1 Å². The zero-order valence-corrected chi connectivity index (χ0v) is 20.1. The summed E-state index contributed by atoms with van der Waals surface area (Å²) in [7, 11) is 1.60. The molecule has 0 spiro atoms. The number of thioether (sulfide) groups is 1. The second-order valence-electron chi connectivity index (χ2n) is 7.34. The van der Waals surface area contributed by atoms with Crippen LogP contribution in [0.5, 0.6) is 0 Å². The summed E-state index contributed by atoms with van der Waals surface area (Å²) < 4.78 is 5.46. The van der Waals surface area contributed by atoms with Crippen LogP contribution in [0.1, 0.15) is 12.0 Å². The van der Waals surface area contributed by atoms with Gasteiger partial charge in [-0.15, -0.1) is 0 Å². The van der Waals surface area contributed by atoms with Crippen LogP contribution in [0.4, 0.5) is 11.4 Å². The normalized spacial score (nSPS) is 17.7. The Morgan fingerprint density at radius 1 is 1.09 bits per heavy atom. The first-order valence-electron chi connectivity index (χ1n) is 10.1. The first-order chi connectivity index (χ1) is 15.9. The van der Waals surface area contributed by atoms with Crippen LogP contribution in [0.15, 0.2) is 53.4 Å². The van der Waals surface area contributed by atoms with Crippen molar-refractivity contribution in [3.05, 3.63) is 64.0 Å². The molecule has 170 valence electrons. The minimum absolute atomic E-state index is 0.198. The van der Waals surface area contributed by atoms with E-state index in [2.05, 4.69) is 5.32 Å². The molecule has 2 aliphatic heterocycles. The molecule has 10 heteroatoms. The van der Waals surface area contributed by atoms with E-state index in [9.17, 15) is 14.4 Å². The highest BCUT2D eigenvalue weighted by atomic mass is 35.5. The van der Waals surface area contributed by atoms with Crippen LogP contribution in [-0.2, 0) is 19.1 Å². The highest BCUT2D eigenvalue weighted by molar-refractivity contribution is 8.26. The second kappa shape index (κ2) is 10.0. The molecule has 33 heavy (non-hydrogen) atoms. The average Bonchev–Trinajstić information content (AvgIpc) is 3.23. The summed E-state index contributed by atoms with van der Waals surface area (Å²) in [5.41, 5.74) is 2.03. The minimum Gasteiger partial charge on any atom is -0.385 e. The number of fused-ring (bicyclic) bond motifs is 1. The van der Waals surface area contributed by atoms with E-state index < -0.39 is 5.91 Å². The van der Waals surface area contributed by atoms with Gasteiger partial charge in [-0.3, -0.25) is 24.2 Å². The predicted molar refractivity (Wildman–Crippen MR) is 134 cm³/mol. The third kappa shape index (κ3) is 4.81. The highest BCUT2D eigenvalue weighted by Gasteiger charge is 2.42. The van der Waals surface area contributed by atoms with Crippen LogP contribution in [0.3, 0.4) is 0 Å². The maximum atomic E-state index is 13.4. The van der Waals surface area contributed by atoms with Gasteiger partial charge in [0.15, 0.2) is 0 Å². The molecule has 3 amide bonds. The lowest BCUT2D eigenvalue weighted by Gasteiger charge is -2.17. The van der Waals surface area contributed by atoms with Crippen molar-refractivity contribution in [3.8, 4) is 0 Å². The van der Waals surface area contributed by atoms with Crippen molar-refractivity contribution in [2.75, 3.05) is 37.0 Å². The quantitative estimate of drug-likeness (QED) is 0.352. The molecule has 0 saturated carbocycles. The van der Waals surface area contributed by atoms with Gasteiger partial charge in [-0.05, 0) is 36.8 Å². The smallest absolute Gasteiger partial charge is 0.267 e. The molecule has 0 unspecified atom stereocenters. The number of nitrogens with zero attached hydrogens (tertiary/aromatic N) is 2. The lowest BCUT2D eigenvalue weighted by molar-refractivity contribution is -0.122. The Bertz CT molecular complexity index is 1170. The number of rotatable bonds is 7.